The summed E-state index contributed by atoms with van der Waals surface area (Å²) in [6, 6.07) is 9.56. The van der Waals surface area contributed by atoms with E-state index in [4.69, 9.17) is 4.74 Å². The molecule has 0 saturated carbocycles. The second-order valence-electron chi connectivity index (χ2n) is 6.10. The van der Waals surface area contributed by atoms with Crippen molar-refractivity contribution >= 4 is 23.7 Å². The van der Waals surface area contributed by atoms with E-state index in [-0.39, 0.29) is 22.5 Å². The van der Waals surface area contributed by atoms with E-state index in [1.807, 2.05) is 0 Å². The predicted octanol–water partition coefficient (Wildman–Crippen LogP) is 1.91. The van der Waals surface area contributed by atoms with E-state index in [0.29, 0.717) is 5.56 Å². The van der Waals surface area contributed by atoms with Crippen molar-refractivity contribution in [3.05, 3.63) is 76.7 Å². The van der Waals surface area contributed by atoms with Crippen molar-refractivity contribution in [2.24, 2.45) is 0 Å². The van der Waals surface area contributed by atoms with Crippen LogP contribution >= 0.6 is 0 Å². The quantitative estimate of drug-likeness (QED) is 0.813. The van der Waals surface area contributed by atoms with Gasteiger partial charge < -0.3 is 20.0 Å². The smallest absolute Gasteiger partial charge is 0.337 e. The van der Waals surface area contributed by atoms with Crippen LogP contribution in [0.5, 0.6) is 0 Å². The third kappa shape index (κ3) is 3.44. The highest BCUT2D eigenvalue weighted by atomic mass is 19.1. The zero-order valence-electron chi connectivity index (χ0n) is 15.1. The average molecular weight is 383 g/mol. The molecule has 2 amide bonds. The topological polar surface area (TPSA) is 98.8 Å². The number of aromatic carboxylic acids is 1. The zero-order chi connectivity index (χ0) is 20.4. The molecule has 28 heavy (non-hydrogen) atoms. The van der Waals surface area contributed by atoms with Gasteiger partial charge in [-0.15, -0.1) is 0 Å². The maximum atomic E-state index is 13.7. The van der Waals surface area contributed by atoms with E-state index in [0.717, 1.165) is 4.90 Å². The van der Waals surface area contributed by atoms with Crippen molar-refractivity contribution in [1.29, 1.82) is 0 Å². The molecule has 0 aliphatic carbocycles. The summed E-state index contributed by atoms with van der Waals surface area (Å²) < 4.78 is 18.5. The van der Waals surface area contributed by atoms with Crippen LogP contribution in [0.3, 0.4) is 0 Å². The minimum atomic E-state index is -1.40. The number of benzene rings is 2. The standard InChI is InChI=1S/C20H17FN2O5/c1-11-16(19(26)28-2)17(12-5-3-7-14(21)9-12)22-20(27)23(11)15-8-4-6-13(10-15)18(24)25/h3-10,17H,1-2H3,(H,22,27)(H,24,25)/p-1/t17-/m1/s1. The van der Waals surface area contributed by atoms with Crippen LogP contribution in [0.1, 0.15) is 28.9 Å². The highest BCUT2D eigenvalue weighted by molar-refractivity contribution is 6.03. The van der Waals surface area contributed by atoms with Crippen LogP contribution in [-0.2, 0) is 9.53 Å². The molecular formula is C20H16FN2O5-. The van der Waals surface area contributed by atoms with E-state index in [9.17, 15) is 23.9 Å². The minimum Gasteiger partial charge on any atom is -0.545 e. The Kier molecular flexibility index (Phi) is 5.12. The Morgan fingerprint density at radius 3 is 2.54 bits per heavy atom. The summed E-state index contributed by atoms with van der Waals surface area (Å²) in [5, 5.41) is 13.8. The molecule has 144 valence electrons. The largest absolute Gasteiger partial charge is 0.545 e. The van der Waals surface area contributed by atoms with Gasteiger partial charge in [-0.25, -0.2) is 14.0 Å². The first-order valence-electron chi connectivity index (χ1n) is 8.30. The van der Waals surface area contributed by atoms with Crippen molar-refractivity contribution in [2.75, 3.05) is 12.0 Å². The fourth-order valence-corrected chi connectivity index (χ4v) is 3.14. The molecule has 0 radical (unpaired) electrons. The first-order chi connectivity index (χ1) is 13.3. The number of allylic oxidation sites excluding steroid dienone is 1. The molecule has 1 heterocycles. The van der Waals surface area contributed by atoms with Crippen LogP contribution < -0.4 is 15.3 Å². The Morgan fingerprint density at radius 2 is 1.89 bits per heavy atom. The van der Waals surface area contributed by atoms with Crippen LogP contribution in [0.15, 0.2) is 59.8 Å². The maximum Gasteiger partial charge on any atom is 0.337 e. The van der Waals surface area contributed by atoms with Crippen LogP contribution in [0.2, 0.25) is 0 Å². The Labute approximate surface area is 160 Å². The number of nitrogens with zero attached hydrogens (tertiary/aromatic N) is 1. The van der Waals surface area contributed by atoms with Gasteiger partial charge in [-0.3, -0.25) is 4.90 Å². The van der Waals surface area contributed by atoms with Gasteiger partial charge in [-0.05, 0) is 42.3 Å². The van der Waals surface area contributed by atoms with Gasteiger partial charge in [-0.2, -0.15) is 0 Å². The molecule has 1 atom stereocenters. The first-order valence-corrected chi connectivity index (χ1v) is 8.30. The molecule has 0 spiro atoms. The molecule has 2 aromatic carbocycles. The van der Waals surface area contributed by atoms with Crippen LogP contribution in [0.25, 0.3) is 0 Å². The molecule has 0 saturated heterocycles. The summed E-state index contributed by atoms with van der Waals surface area (Å²) in [6.07, 6.45) is 0. The van der Waals surface area contributed by atoms with Gasteiger partial charge in [0.05, 0.1) is 30.4 Å². The fraction of sp³-hybridized carbons (Fsp3) is 0.150. The molecule has 7 nitrogen and oxygen atoms in total. The minimum absolute atomic E-state index is 0.103. The summed E-state index contributed by atoms with van der Waals surface area (Å²) in [5.74, 6) is -2.61. The molecular weight excluding hydrogens is 367 g/mol. The number of methoxy groups -OCH3 is 1. The summed E-state index contributed by atoms with van der Waals surface area (Å²) in [7, 11) is 1.20. The molecule has 1 N–H and O–H groups in total. The Hall–Kier alpha value is -3.68. The lowest BCUT2D eigenvalue weighted by atomic mass is 9.94. The SMILES string of the molecule is COC(=O)C1=C(C)N(c2cccc(C(=O)[O-])c2)C(=O)N[C@@H]1c1cccc(F)c1. The number of halogens is 1. The van der Waals surface area contributed by atoms with E-state index >= 15 is 0 Å². The number of ether oxygens (including phenoxy) is 1. The third-order valence-corrected chi connectivity index (χ3v) is 4.41. The highest BCUT2D eigenvalue weighted by Crippen LogP contribution is 2.34. The average Bonchev–Trinajstić information content (AvgIpc) is 2.67. The molecule has 1 aliphatic heterocycles. The van der Waals surface area contributed by atoms with E-state index in [2.05, 4.69) is 5.32 Å². The Balaban J connectivity index is 2.15. The molecule has 0 aromatic heterocycles. The molecule has 0 unspecified atom stereocenters. The van der Waals surface area contributed by atoms with Gasteiger partial charge in [0.1, 0.15) is 5.82 Å². The normalized spacial score (nSPS) is 16.6. The zero-order valence-corrected chi connectivity index (χ0v) is 15.1. The van der Waals surface area contributed by atoms with Gasteiger partial charge >= 0.3 is 12.0 Å². The highest BCUT2D eigenvalue weighted by Gasteiger charge is 2.37. The second-order valence-corrected chi connectivity index (χ2v) is 6.10. The number of anilines is 1. The summed E-state index contributed by atoms with van der Waals surface area (Å²) in [6.45, 7) is 1.53. The predicted molar refractivity (Wildman–Crippen MR) is 95.6 cm³/mol. The number of amides is 2. The van der Waals surface area contributed by atoms with Crippen molar-refractivity contribution < 1.29 is 28.6 Å². The molecule has 1 aliphatic rings. The lowest BCUT2D eigenvalue weighted by Gasteiger charge is -2.35. The van der Waals surface area contributed by atoms with Crippen LogP contribution in [0, 0.1) is 5.82 Å². The van der Waals surface area contributed by atoms with Crippen LogP contribution in [-0.4, -0.2) is 25.1 Å². The number of carboxylic acid groups (broad SMARTS) is 1. The molecule has 2 aromatic rings. The molecule has 0 fully saturated rings. The van der Waals surface area contributed by atoms with Gasteiger partial charge in [-0.1, -0.05) is 24.3 Å². The van der Waals surface area contributed by atoms with Gasteiger partial charge in [0.25, 0.3) is 0 Å². The number of hydrogen-bond acceptors (Lipinski definition) is 5. The van der Waals surface area contributed by atoms with E-state index in [1.165, 1.54) is 56.5 Å². The van der Waals surface area contributed by atoms with Gasteiger partial charge in [0.2, 0.25) is 0 Å². The number of carboxylic acids is 1. The number of hydrogen-bond donors (Lipinski definition) is 1. The molecule has 0 bridgehead atoms. The van der Waals surface area contributed by atoms with Gasteiger partial charge in [0, 0.05) is 5.70 Å². The number of esters is 1. The monoisotopic (exact) mass is 383 g/mol. The van der Waals surface area contributed by atoms with Crippen LogP contribution in [0.4, 0.5) is 14.9 Å². The Bertz CT molecular complexity index is 1000. The number of nitrogens with one attached hydrogen (secondary N) is 1. The Morgan fingerprint density at radius 1 is 1.18 bits per heavy atom. The summed E-state index contributed by atoms with van der Waals surface area (Å²) >= 11 is 0. The van der Waals surface area contributed by atoms with Gasteiger partial charge in [0.15, 0.2) is 0 Å². The summed E-state index contributed by atoms with van der Waals surface area (Å²) in [5.41, 5.74) is 0.823. The number of carbonyl (C=O) groups excluding carboxylic acids is 3. The number of rotatable bonds is 4. The van der Waals surface area contributed by atoms with Crippen molar-refractivity contribution in [2.45, 2.75) is 13.0 Å². The fourth-order valence-electron chi connectivity index (χ4n) is 3.14. The number of carbonyl (C=O) groups is 3. The molecule has 3 rings (SSSR count). The van der Waals surface area contributed by atoms with E-state index in [1.54, 1.807) is 6.07 Å². The van der Waals surface area contributed by atoms with Crippen molar-refractivity contribution in [1.82, 2.24) is 5.32 Å². The lowest BCUT2D eigenvalue weighted by Crippen LogP contribution is -2.48. The maximum absolute atomic E-state index is 13.7. The summed E-state index contributed by atoms with van der Waals surface area (Å²) in [4.78, 5) is 37.5. The molecule has 8 heteroatoms. The number of urea groups is 1. The third-order valence-electron chi connectivity index (χ3n) is 4.41. The van der Waals surface area contributed by atoms with Crippen molar-refractivity contribution in [3.63, 3.8) is 0 Å². The van der Waals surface area contributed by atoms with E-state index < -0.39 is 29.8 Å². The first kappa shape index (κ1) is 19.1. The second kappa shape index (κ2) is 7.51. The van der Waals surface area contributed by atoms with Crippen molar-refractivity contribution in [3.8, 4) is 0 Å². The lowest BCUT2D eigenvalue weighted by molar-refractivity contribution is -0.255.